The molecule has 1 unspecified atom stereocenters. The molecule has 4 nitrogen and oxygen atoms in total. The molecule has 28 heavy (non-hydrogen) atoms. The van der Waals surface area contributed by atoms with Crippen molar-refractivity contribution in [2.75, 3.05) is 20.3 Å². The molecule has 0 bridgehead atoms. The van der Waals surface area contributed by atoms with Gasteiger partial charge in [-0.05, 0) is 37.0 Å². The zero-order valence-electron chi connectivity index (χ0n) is 17.8. The highest BCUT2D eigenvalue weighted by Crippen LogP contribution is 2.19. The maximum atomic E-state index is 13.2. The van der Waals surface area contributed by atoms with Crippen LogP contribution in [0.1, 0.15) is 57.2 Å². The van der Waals surface area contributed by atoms with Gasteiger partial charge < -0.3 is 14.2 Å². The summed E-state index contributed by atoms with van der Waals surface area (Å²) in [6.45, 7) is 7.22. The maximum absolute atomic E-state index is 13.2. The fourth-order valence-electron chi connectivity index (χ4n) is 3.60. The summed E-state index contributed by atoms with van der Waals surface area (Å²) in [5.41, 5.74) is 2.45. The Morgan fingerprint density at radius 1 is 1.11 bits per heavy atom. The largest absolute Gasteiger partial charge is 0.385 e. The number of unbranched alkanes of at least 4 members (excludes halogenated alkanes) is 1. The van der Waals surface area contributed by atoms with E-state index in [0.717, 1.165) is 45.2 Å². The van der Waals surface area contributed by atoms with E-state index in [1.165, 1.54) is 11.3 Å². The van der Waals surface area contributed by atoms with Crippen LogP contribution < -0.4 is 0 Å². The Morgan fingerprint density at radius 2 is 1.89 bits per heavy atom. The first-order chi connectivity index (χ1) is 13.7. The highest BCUT2D eigenvalue weighted by molar-refractivity contribution is 5.78. The molecule has 2 aromatic rings. The van der Waals surface area contributed by atoms with Gasteiger partial charge >= 0.3 is 0 Å². The second-order valence-electron chi connectivity index (χ2n) is 7.47. The molecule has 1 amide bonds. The van der Waals surface area contributed by atoms with E-state index in [2.05, 4.69) is 61.0 Å². The molecule has 1 atom stereocenters. The molecule has 0 saturated carbocycles. The number of carbonyl (C=O) groups excluding carboxylic acids is 1. The predicted molar refractivity (Wildman–Crippen MR) is 115 cm³/mol. The van der Waals surface area contributed by atoms with Gasteiger partial charge in [-0.3, -0.25) is 4.79 Å². The summed E-state index contributed by atoms with van der Waals surface area (Å²) in [7, 11) is 1.72. The minimum Gasteiger partial charge on any atom is -0.385 e. The quantitative estimate of drug-likeness (QED) is 0.449. The molecule has 0 N–H and O–H groups in total. The molecule has 0 aliphatic heterocycles. The molecule has 0 spiro atoms. The van der Waals surface area contributed by atoms with Gasteiger partial charge in [0.25, 0.3) is 0 Å². The zero-order valence-corrected chi connectivity index (χ0v) is 17.8. The van der Waals surface area contributed by atoms with Crippen molar-refractivity contribution in [3.8, 4) is 0 Å². The van der Waals surface area contributed by atoms with E-state index in [-0.39, 0.29) is 5.92 Å². The summed E-state index contributed by atoms with van der Waals surface area (Å²) in [6.07, 6.45) is 7.11. The standard InChI is InChI=1S/C24H36N2O2/c1-4-6-14-22(5-2)24(27)26(17-11-18-28-3)20-23-15-10-16-25(23)19-21-12-8-7-9-13-21/h7-10,12-13,15-16,22H,4-6,11,14,17-20H2,1-3H3. The van der Waals surface area contributed by atoms with E-state index in [4.69, 9.17) is 4.74 Å². The third-order valence-electron chi connectivity index (χ3n) is 5.31. The summed E-state index contributed by atoms with van der Waals surface area (Å²) in [6, 6.07) is 14.7. The number of ether oxygens (including phenoxy) is 1. The Balaban J connectivity index is 2.11. The van der Waals surface area contributed by atoms with Crippen LogP contribution in [-0.2, 0) is 22.6 Å². The number of aromatic nitrogens is 1. The normalized spacial score (nSPS) is 12.1. The predicted octanol–water partition coefficient (Wildman–Crippen LogP) is 5.12. The Bertz CT molecular complexity index is 681. The lowest BCUT2D eigenvalue weighted by Crippen LogP contribution is -2.37. The van der Waals surface area contributed by atoms with E-state index in [0.29, 0.717) is 19.1 Å². The van der Waals surface area contributed by atoms with Gasteiger partial charge in [0.2, 0.25) is 5.91 Å². The van der Waals surface area contributed by atoms with Crippen LogP contribution >= 0.6 is 0 Å². The highest BCUT2D eigenvalue weighted by atomic mass is 16.5. The molecule has 1 aromatic carbocycles. The number of hydrogen-bond acceptors (Lipinski definition) is 2. The average molecular weight is 385 g/mol. The SMILES string of the molecule is CCCCC(CC)C(=O)N(CCCOC)Cc1cccn1Cc1ccccc1. The topological polar surface area (TPSA) is 34.5 Å². The molecule has 1 aromatic heterocycles. The van der Waals surface area contributed by atoms with Crippen molar-refractivity contribution in [2.24, 2.45) is 5.92 Å². The molecule has 2 rings (SSSR count). The molecule has 154 valence electrons. The van der Waals surface area contributed by atoms with Gasteiger partial charge in [0.15, 0.2) is 0 Å². The Kier molecular flexibility index (Phi) is 9.84. The first kappa shape index (κ1) is 22.2. The molecule has 0 saturated heterocycles. The summed E-state index contributed by atoms with van der Waals surface area (Å²) < 4.78 is 7.47. The minimum absolute atomic E-state index is 0.125. The van der Waals surface area contributed by atoms with Crippen molar-refractivity contribution in [3.63, 3.8) is 0 Å². The number of hydrogen-bond donors (Lipinski definition) is 0. The second-order valence-corrected chi connectivity index (χ2v) is 7.47. The molecule has 1 heterocycles. The third-order valence-corrected chi connectivity index (χ3v) is 5.31. The van der Waals surface area contributed by atoms with Gasteiger partial charge in [-0.25, -0.2) is 0 Å². The van der Waals surface area contributed by atoms with Gasteiger partial charge in [-0.2, -0.15) is 0 Å². The zero-order chi connectivity index (χ0) is 20.2. The minimum atomic E-state index is 0.125. The van der Waals surface area contributed by atoms with Crippen LogP contribution in [0.4, 0.5) is 0 Å². The van der Waals surface area contributed by atoms with Crippen LogP contribution in [0.2, 0.25) is 0 Å². The van der Waals surface area contributed by atoms with Crippen LogP contribution in [0.3, 0.4) is 0 Å². The van der Waals surface area contributed by atoms with Gasteiger partial charge in [-0.1, -0.05) is 57.0 Å². The van der Waals surface area contributed by atoms with E-state index in [9.17, 15) is 4.79 Å². The van der Waals surface area contributed by atoms with E-state index >= 15 is 0 Å². The van der Waals surface area contributed by atoms with E-state index in [1.54, 1.807) is 7.11 Å². The Labute approximate surface area is 170 Å². The van der Waals surface area contributed by atoms with E-state index < -0.39 is 0 Å². The van der Waals surface area contributed by atoms with Crippen molar-refractivity contribution in [2.45, 2.75) is 59.0 Å². The molecule has 0 radical (unpaired) electrons. The smallest absolute Gasteiger partial charge is 0.226 e. The van der Waals surface area contributed by atoms with Crippen molar-refractivity contribution in [3.05, 3.63) is 59.9 Å². The van der Waals surface area contributed by atoms with Gasteiger partial charge in [-0.15, -0.1) is 0 Å². The van der Waals surface area contributed by atoms with E-state index in [1.807, 2.05) is 11.0 Å². The van der Waals surface area contributed by atoms with Crippen LogP contribution in [0.5, 0.6) is 0 Å². The number of benzene rings is 1. The van der Waals surface area contributed by atoms with Crippen LogP contribution in [-0.4, -0.2) is 35.6 Å². The number of rotatable bonds is 13. The van der Waals surface area contributed by atoms with Crippen LogP contribution in [0.25, 0.3) is 0 Å². The van der Waals surface area contributed by atoms with Crippen LogP contribution in [0.15, 0.2) is 48.7 Å². The lowest BCUT2D eigenvalue weighted by molar-refractivity contribution is -0.136. The molecule has 0 aliphatic rings. The van der Waals surface area contributed by atoms with Crippen molar-refractivity contribution < 1.29 is 9.53 Å². The number of methoxy groups -OCH3 is 1. The van der Waals surface area contributed by atoms with Crippen molar-refractivity contribution >= 4 is 5.91 Å². The summed E-state index contributed by atoms with van der Waals surface area (Å²) in [5.74, 6) is 0.416. The fraction of sp³-hybridized carbons (Fsp3) is 0.542. The monoisotopic (exact) mass is 384 g/mol. The first-order valence-corrected chi connectivity index (χ1v) is 10.6. The molecule has 0 aliphatic carbocycles. The number of carbonyl (C=O) groups is 1. The third kappa shape index (κ3) is 6.83. The summed E-state index contributed by atoms with van der Waals surface area (Å²) >= 11 is 0. The van der Waals surface area contributed by atoms with Crippen molar-refractivity contribution in [1.29, 1.82) is 0 Å². The lowest BCUT2D eigenvalue weighted by atomic mass is 9.97. The fourth-order valence-corrected chi connectivity index (χ4v) is 3.60. The molecular formula is C24H36N2O2. The Morgan fingerprint density at radius 3 is 2.57 bits per heavy atom. The second kappa shape index (κ2) is 12.4. The lowest BCUT2D eigenvalue weighted by Gasteiger charge is -2.28. The average Bonchev–Trinajstić information content (AvgIpc) is 3.15. The number of amides is 1. The molecular weight excluding hydrogens is 348 g/mol. The van der Waals surface area contributed by atoms with Crippen LogP contribution in [0, 0.1) is 5.92 Å². The molecule has 0 fully saturated rings. The number of nitrogens with zero attached hydrogens (tertiary/aromatic N) is 2. The highest BCUT2D eigenvalue weighted by Gasteiger charge is 2.23. The van der Waals surface area contributed by atoms with Gasteiger partial charge in [0.1, 0.15) is 0 Å². The summed E-state index contributed by atoms with van der Waals surface area (Å²) in [5, 5.41) is 0. The summed E-state index contributed by atoms with van der Waals surface area (Å²) in [4.78, 5) is 15.3. The molecule has 4 heteroatoms. The van der Waals surface area contributed by atoms with Gasteiger partial charge in [0, 0.05) is 44.6 Å². The van der Waals surface area contributed by atoms with Gasteiger partial charge in [0.05, 0.1) is 6.54 Å². The first-order valence-electron chi connectivity index (χ1n) is 10.6. The van der Waals surface area contributed by atoms with Crippen molar-refractivity contribution in [1.82, 2.24) is 9.47 Å². The maximum Gasteiger partial charge on any atom is 0.226 e. The Hall–Kier alpha value is -2.07.